The predicted molar refractivity (Wildman–Crippen MR) is 90.7 cm³/mol. The van der Waals surface area contributed by atoms with Gasteiger partial charge >= 0.3 is 5.97 Å². The van der Waals surface area contributed by atoms with Crippen molar-refractivity contribution >= 4 is 22.8 Å². The Balaban J connectivity index is 1.77. The highest BCUT2D eigenvalue weighted by Gasteiger charge is 2.21. The lowest BCUT2D eigenvalue weighted by Gasteiger charge is -2.15. The average Bonchev–Trinajstić information content (AvgIpc) is 2.62. The summed E-state index contributed by atoms with van der Waals surface area (Å²) >= 11 is 0. The lowest BCUT2D eigenvalue weighted by atomic mass is 10.1. The fourth-order valence-electron chi connectivity index (χ4n) is 2.49. The molecule has 2 aromatic carbocycles. The maximum atomic E-state index is 12.9. The van der Waals surface area contributed by atoms with E-state index in [4.69, 9.17) is 0 Å². The Bertz CT molecular complexity index is 925. The summed E-state index contributed by atoms with van der Waals surface area (Å²) in [5.41, 5.74) is 1.65. The summed E-state index contributed by atoms with van der Waals surface area (Å²) in [7, 11) is 0. The van der Waals surface area contributed by atoms with E-state index in [2.05, 4.69) is 10.3 Å². The molecule has 126 valence electrons. The molecule has 0 saturated heterocycles. The maximum Gasteiger partial charge on any atom is 0.326 e. The Hall–Kier alpha value is -3.28. The second-order valence-corrected chi connectivity index (χ2v) is 5.61. The Labute approximate surface area is 143 Å². The van der Waals surface area contributed by atoms with Crippen molar-refractivity contribution in [2.75, 3.05) is 0 Å². The first-order valence-electron chi connectivity index (χ1n) is 7.66. The van der Waals surface area contributed by atoms with Crippen molar-refractivity contribution < 1.29 is 19.1 Å². The molecule has 0 radical (unpaired) electrons. The molecule has 0 aliphatic carbocycles. The summed E-state index contributed by atoms with van der Waals surface area (Å²) < 4.78 is 12.9. The van der Waals surface area contributed by atoms with Gasteiger partial charge in [-0.05, 0) is 29.8 Å². The quantitative estimate of drug-likeness (QED) is 0.750. The lowest BCUT2D eigenvalue weighted by Crippen LogP contribution is -2.42. The fraction of sp³-hybridized carbons (Fsp3) is 0.105. The van der Waals surface area contributed by atoms with E-state index >= 15 is 0 Å². The molecule has 0 aliphatic heterocycles. The van der Waals surface area contributed by atoms with Crippen molar-refractivity contribution in [3.8, 4) is 0 Å². The Morgan fingerprint density at radius 1 is 1.12 bits per heavy atom. The number of para-hydroxylation sites is 1. The number of rotatable bonds is 5. The van der Waals surface area contributed by atoms with Crippen LogP contribution in [0.1, 0.15) is 15.9 Å². The number of halogens is 1. The van der Waals surface area contributed by atoms with E-state index in [1.54, 1.807) is 6.07 Å². The maximum absolute atomic E-state index is 12.9. The van der Waals surface area contributed by atoms with Crippen LogP contribution < -0.4 is 5.32 Å². The van der Waals surface area contributed by atoms with E-state index in [9.17, 15) is 19.1 Å². The van der Waals surface area contributed by atoms with Gasteiger partial charge in [0.15, 0.2) is 0 Å². The summed E-state index contributed by atoms with van der Waals surface area (Å²) in [5.74, 6) is -2.08. The third-order valence-corrected chi connectivity index (χ3v) is 3.81. The Morgan fingerprint density at radius 3 is 2.56 bits per heavy atom. The van der Waals surface area contributed by atoms with Gasteiger partial charge in [0.2, 0.25) is 0 Å². The molecule has 0 unspecified atom stereocenters. The third-order valence-electron chi connectivity index (χ3n) is 3.81. The van der Waals surface area contributed by atoms with Crippen LogP contribution in [-0.4, -0.2) is 28.0 Å². The molecule has 6 heteroatoms. The van der Waals surface area contributed by atoms with Gasteiger partial charge in [0, 0.05) is 18.0 Å². The number of fused-ring (bicyclic) bond motifs is 1. The summed E-state index contributed by atoms with van der Waals surface area (Å²) in [5, 5.41) is 12.6. The molecule has 1 amide bonds. The minimum absolute atomic E-state index is 0.0579. The fourth-order valence-corrected chi connectivity index (χ4v) is 2.49. The van der Waals surface area contributed by atoms with Crippen LogP contribution in [0.5, 0.6) is 0 Å². The van der Waals surface area contributed by atoms with E-state index < -0.39 is 23.7 Å². The van der Waals surface area contributed by atoms with Crippen LogP contribution in [-0.2, 0) is 11.2 Å². The third kappa shape index (κ3) is 3.98. The number of nitrogens with zero attached hydrogens (tertiary/aromatic N) is 1. The van der Waals surface area contributed by atoms with Crippen molar-refractivity contribution in [2.24, 2.45) is 0 Å². The Morgan fingerprint density at radius 2 is 1.84 bits per heavy atom. The van der Waals surface area contributed by atoms with Crippen LogP contribution in [0.25, 0.3) is 10.9 Å². The zero-order valence-corrected chi connectivity index (χ0v) is 13.1. The van der Waals surface area contributed by atoms with Gasteiger partial charge in [0.05, 0.1) is 11.1 Å². The molecule has 0 saturated carbocycles. The molecule has 25 heavy (non-hydrogen) atoms. The van der Waals surface area contributed by atoms with Crippen LogP contribution in [0.2, 0.25) is 0 Å². The summed E-state index contributed by atoms with van der Waals surface area (Å²) in [6.45, 7) is 0. The van der Waals surface area contributed by atoms with Crippen LogP contribution in [0.3, 0.4) is 0 Å². The van der Waals surface area contributed by atoms with Crippen molar-refractivity contribution in [1.82, 2.24) is 10.3 Å². The second kappa shape index (κ2) is 7.09. The minimum Gasteiger partial charge on any atom is -0.480 e. The van der Waals surface area contributed by atoms with Crippen molar-refractivity contribution in [3.63, 3.8) is 0 Å². The van der Waals surface area contributed by atoms with Gasteiger partial charge in [-0.3, -0.25) is 9.78 Å². The number of carbonyl (C=O) groups is 2. The molecule has 2 N–H and O–H groups in total. The number of nitrogens with one attached hydrogen (secondary N) is 1. The number of carboxylic acid groups (broad SMARTS) is 1. The van der Waals surface area contributed by atoms with Gasteiger partial charge in [-0.2, -0.15) is 0 Å². The highest BCUT2D eigenvalue weighted by molar-refractivity contribution is 5.99. The van der Waals surface area contributed by atoms with Gasteiger partial charge in [0.1, 0.15) is 11.9 Å². The first-order chi connectivity index (χ1) is 12.0. The molecular formula is C19H15FN2O3. The van der Waals surface area contributed by atoms with Gasteiger partial charge in [-0.15, -0.1) is 0 Å². The van der Waals surface area contributed by atoms with E-state index in [1.807, 2.05) is 24.3 Å². The van der Waals surface area contributed by atoms with E-state index in [0.717, 1.165) is 10.9 Å². The number of aromatic nitrogens is 1. The number of carbonyl (C=O) groups excluding carboxylic acids is 1. The highest BCUT2D eigenvalue weighted by atomic mass is 19.1. The molecule has 1 atom stereocenters. The number of benzene rings is 2. The molecule has 5 nitrogen and oxygen atoms in total. The number of hydrogen-bond donors (Lipinski definition) is 2. The minimum atomic E-state index is -1.16. The molecular weight excluding hydrogens is 323 g/mol. The predicted octanol–water partition coefficient (Wildman–Crippen LogP) is 2.80. The second-order valence-electron chi connectivity index (χ2n) is 5.61. The zero-order valence-electron chi connectivity index (χ0n) is 13.1. The molecule has 0 fully saturated rings. The SMILES string of the molecule is O=C(N[C@@H](Cc1ccc(F)cc1)C(=O)O)c1cnc2ccccc2c1. The van der Waals surface area contributed by atoms with E-state index in [1.165, 1.54) is 30.5 Å². The largest absolute Gasteiger partial charge is 0.480 e. The number of carboxylic acids is 1. The summed E-state index contributed by atoms with van der Waals surface area (Å²) in [6, 6.07) is 13.4. The zero-order chi connectivity index (χ0) is 17.8. The molecule has 1 aromatic heterocycles. The van der Waals surface area contributed by atoms with Gasteiger partial charge < -0.3 is 10.4 Å². The smallest absolute Gasteiger partial charge is 0.326 e. The van der Waals surface area contributed by atoms with Crippen LogP contribution in [0, 0.1) is 5.82 Å². The highest BCUT2D eigenvalue weighted by Crippen LogP contribution is 2.13. The number of hydrogen-bond acceptors (Lipinski definition) is 3. The molecule has 0 bridgehead atoms. The van der Waals surface area contributed by atoms with Crippen LogP contribution in [0.15, 0.2) is 60.8 Å². The summed E-state index contributed by atoms with van der Waals surface area (Å²) in [4.78, 5) is 28.0. The monoisotopic (exact) mass is 338 g/mol. The average molecular weight is 338 g/mol. The molecule has 0 aliphatic rings. The first-order valence-corrected chi connectivity index (χ1v) is 7.66. The van der Waals surface area contributed by atoms with Gasteiger partial charge in [0.25, 0.3) is 5.91 Å². The lowest BCUT2D eigenvalue weighted by molar-refractivity contribution is -0.139. The Kier molecular flexibility index (Phi) is 4.70. The van der Waals surface area contributed by atoms with Crippen LogP contribution >= 0.6 is 0 Å². The summed E-state index contributed by atoms with van der Waals surface area (Å²) in [6.07, 6.45) is 1.47. The number of pyridine rings is 1. The van der Waals surface area contributed by atoms with Gasteiger partial charge in [-0.1, -0.05) is 30.3 Å². The first kappa shape index (κ1) is 16.6. The van der Waals surface area contributed by atoms with Crippen molar-refractivity contribution in [3.05, 3.63) is 77.7 Å². The molecule has 3 rings (SSSR count). The van der Waals surface area contributed by atoms with E-state index in [0.29, 0.717) is 5.56 Å². The van der Waals surface area contributed by atoms with Gasteiger partial charge in [-0.25, -0.2) is 9.18 Å². The normalized spacial score (nSPS) is 11.9. The van der Waals surface area contributed by atoms with Crippen molar-refractivity contribution in [1.29, 1.82) is 0 Å². The van der Waals surface area contributed by atoms with Crippen LogP contribution in [0.4, 0.5) is 4.39 Å². The molecule has 3 aromatic rings. The number of amides is 1. The van der Waals surface area contributed by atoms with E-state index in [-0.39, 0.29) is 12.0 Å². The molecule has 0 spiro atoms. The number of aliphatic carboxylic acids is 1. The standard InChI is InChI=1S/C19H15FN2O3/c20-15-7-5-12(6-8-15)9-17(19(24)25)22-18(23)14-10-13-3-1-2-4-16(13)21-11-14/h1-8,10-11,17H,9H2,(H,22,23)(H,24,25)/t17-/m0/s1. The topological polar surface area (TPSA) is 79.3 Å². The molecule has 1 heterocycles. The van der Waals surface area contributed by atoms with Crippen molar-refractivity contribution in [2.45, 2.75) is 12.5 Å².